The van der Waals surface area contributed by atoms with Crippen molar-refractivity contribution in [2.24, 2.45) is 4.99 Å². The number of piperidine rings is 1. The second kappa shape index (κ2) is 6.52. The summed E-state index contributed by atoms with van der Waals surface area (Å²) in [6.07, 6.45) is 3.12. The zero-order valence-corrected chi connectivity index (χ0v) is 14.8. The Hall–Kier alpha value is -2.34. The third kappa shape index (κ3) is 3.14. The fraction of sp³-hybridized carbons (Fsp3) is 0.389. The van der Waals surface area contributed by atoms with Gasteiger partial charge in [-0.1, -0.05) is 23.7 Å². The van der Waals surface area contributed by atoms with Crippen molar-refractivity contribution in [3.8, 4) is 0 Å². The molecule has 0 amide bonds. The monoisotopic (exact) mass is 357 g/mol. The van der Waals surface area contributed by atoms with Gasteiger partial charge in [-0.15, -0.1) is 0 Å². The van der Waals surface area contributed by atoms with Crippen LogP contribution in [0.1, 0.15) is 36.7 Å². The standard InChI is InChI=1S/C18H20ClN5O/c1-12-11-15(25)24-16(13-5-7-14(19)8-6-13)21-17(22-18(24)20-12)23-9-3-2-4-10-23/h5-8,11,16H,2-4,9-10H2,1H3,(H,20,21,22)/t16-/m1/s1. The lowest BCUT2D eigenvalue weighted by atomic mass is 10.1. The van der Waals surface area contributed by atoms with Gasteiger partial charge in [-0.05, 0) is 43.9 Å². The molecule has 1 fully saturated rings. The number of nitrogens with zero attached hydrogens (tertiary/aromatic N) is 4. The van der Waals surface area contributed by atoms with Gasteiger partial charge in [-0.2, -0.15) is 0 Å². The largest absolute Gasteiger partial charge is 0.343 e. The normalized spacial score (nSPS) is 19.8. The lowest BCUT2D eigenvalue weighted by Crippen LogP contribution is -2.45. The molecule has 1 atom stereocenters. The molecule has 25 heavy (non-hydrogen) atoms. The molecule has 4 rings (SSSR count). The summed E-state index contributed by atoms with van der Waals surface area (Å²) >= 11 is 6.02. The number of likely N-dealkylation sites (tertiary alicyclic amines) is 1. The van der Waals surface area contributed by atoms with Crippen molar-refractivity contribution in [2.45, 2.75) is 32.4 Å². The van der Waals surface area contributed by atoms with Gasteiger partial charge in [0.1, 0.15) is 0 Å². The number of nitrogens with one attached hydrogen (secondary N) is 1. The van der Waals surface area contributed by atoms with Crippen LogP contribution in [0.25, 0.3) is 0 Å². The molecule has 2 aliphatic heterocycles. The first kappa shape index (κ1) is 16.1. The Morgan fingerprint density at radius 3 is 2.60 bits per heavy atom. The molecular weight excluding hydrogens is 338 g/mol. The summed E-state index contributed by atoms with van der Waals surface area (Å²) in [5, 5.41) is 3.92. The highest BCUT2D eigenvalue weighted by molar-refractivity contribution is 6.30. The summed E-state index contributed by atoms with van der Waals surface area (Å²) in [4.78, 5) is 24.2. The van der Waals surface area contributed by atoms with Crippen LogP contribution in [0, 0.1) is 6.92 Å². The topological polar surface area (TPSA) is 62.5 Å². The van der Waals surface area contributed by atoms with Gasteiger partial charge in [-0.25, -0.2) is 9.98 Å². The number of halogens is 1. The van der Waals surface area contributed by atoms with Crippen molar-refractivity contribution in [2.75, 3.05) is 18.4 Å². The number of fused-ring (bicyclic) bond motifs is 1. The number of anilines is 1. The van der Waals surface area contributed by atoms with Gasteiger partial charge in [0.05, 0.1) is 0 Å². The van der Waals surface area contributed by atoms with E-state index in [1.807, 2.05) is 31.2 Å². The van der Waals surface area contributed by atoms with Crippen LogP contribution < -0.4 is 10.9 Å². The SMILES string of the molecule is Cc1cc(=O)n2c(n1)NC(N1CCCCC1)=N[C@H]2c1ccc(Cl)cc1. The highest BCUT2D eigenvalue weighted by atomic mass is 35.5. The Bertz CT molecular complexity index is 868. The molecule has 130 valence electrons. The molecule has 0 aliphatic carbocycles. The first-order valence-electron chi connectivity index (χ1n) is 8.57. The number of aromatic nitrogens is 2. The molecule has 3 heterocycles. The van der Waals surface area contributed by atoms with Crippen LogP contribution in [0.5, 0.6) is 0 Å². The van der Waals surface area contributed by atoms with E-state index in [0.717, 1.165) is 37.5 Å². The molecule has 0 radical (unpaired) electrons. The van der Waals surface area contributed by atoms with Crippen molar-refractivity contribution >= 4 is 23.5 Å². The summed E-state index contributed by atoms with van der Waals surface area (Å²) in [6, 6.07) is 9.00. The maximum absolute atomic E-state index is 12.6. The average Bonchev–Trinajstić information content (AvgIpc) is 2.62. The molecule has 2 aliphatic rings. The first-order chi connectivity index (χ1) is 12.1. The van der Waals surface area contributed by atoms with Crippen LogP contribution in [0.15, 0.2) is 40.1 Å². The number of benzene rings is 1. The summed E-state index contributed by atoms with van der Waals surface area (Å²) < 4.78 is 1.60. The van der Waals surface area contributed by atoms with E-state index in [4.69, 9.17) is 16.6 Å². The molecule has 2 aromatic rings. The molecule has 0 spiro atoms. The predicted molar refractivity (Wildman–Crippen MR) is 99.3 cm³/mol. The van der Waals surface area contributed by atoms with E-state index in [-0.39, 0.29) is 5.56 Å². The van der Waals surface area contributed by atoms with Gasteiger partial charge >= 0.3 is 0 Å². The van der Waals surface area contributed by atoms with Crippen molar-refractivity contribution in [1.82, 2.24) is 14.5 Å². The van der Waals surface area contributed by atoms with Crippen molar-refractivity contribution < 1.29 is 0 Å². The summed E-state index contributed by atoms with van der Waals surface area (Å²) in [5.74, 6) is 1.33. The number of hydrogen-bond acceptors (Lipinski definition) is 5. The Balaban J connectivity index is 1.82. The number of hydrogen-bond donors (Lipinski definition) is 1. The van der Waals surface area contributed by atoms with Crippen LogP contribution in [-0.2, 0) is 0 Å². The maximum Gasteiger partial charge on any atom is 0.257 e. The smallest absolute Gasteiger partial charge is 0.257 e. The summed E-state index contributed by atoms with van der Waals surface area (Å²) in [7, 11) is 0. The van der Waals surface area contributed by atoms with Gasteiger partial charge in [0.15, 0.2) is 6.17 Å². The average molecular weight is 358 g/mol. The Labute approximate surface area is 151 Å². The highest BCUT2D eigenvalue weighted by Crippen LogP contribution is 2.27. The van der Waals surface area contributed by atoms with Crippen LogP contribution in [0.4, 0.5) is 5.95 Å². The fourth-order valence-electron chi connectivity index (χ4n) is 3.36. The lowest BCUT2D eigenvalue weighted by Gasteiger charge is -2.34. The number of aryl methyl sites for hydroxylation is 1. The van der Waals surface area contributed by atoms with E-state index in [1.54, 1.807) is 4.57 Å². The molecule has 1 saturated heterocycles. The van der Waals surface area contributed by atoms with Crippen molar-refractivity contribution in [3.05, 3.63) is 57.0 Å². The molecule has 0 bridgehead atoms. The van der Waals surface area contributed by atoms with Gasteiger partial charge in [0.2, 0.25) is 11.9 Å². The van der Waals surface area contributed by atoms with Crippen LogP contribution in [0.2, 0.25) is 5.02 Å². The molecular formula is C18H20ClN5O. The minimum Gasteiger partial charge on any atom is -0.343 e. The van der Waals surface area contributed by atoms with E-state index in [1.165, 1.54) is 12.5 Å². The van der Waals surface area contributed by atoms with Crippen molar-refractivity contribution in [3.63, 3.8) is 0 Å². The van der Waals surface area contributed by atoms with E-state index >= 15 is 0 Å². The molecule has 1 aromatic heterocycles. The van der Waals surface area contributed by atoms with E-state index in [9.17, 15) is 4.79 Å². The third-order valence-corrected chi connectivity index (χ3v) is 4.87. The van der Waals surface area contributed by atoms with Crippen LogP contribution in [0.3, 0.4) is 0 Å². The predicted octanol–water partition coefficient (Wildman–Crippen LogP) is 3.02. The fourth-order valence-corrected chi connectivity index (χ4v) is 3.49. The van der Waals surface area contributed by atoms with Gasteiger partial charge in [0, 0.05) is 29.9 Å². The molecule has 6 nitrogen and oxygen atoms in total. The van der Waals surface area contributed by atoms with Gasteiger partial charge in [-0.3, -0.25) is 14.7 Å². The second-order valence-electron chi connectivity index (χ2n) is 6.48. The molecule has 1 aromatic carbocycles. The van der Waals surface area contributed by atoms with E-state index in [0.29, 0.717) is 16.7 Å². The minimum atomic E-state index is -0.439. The number of guanidine groups is 1. The third-order valence-electron chi connectivity index (χ3n) is 4.62. The van der Waals surface area contributed by atoms with Crippen LogP contribution >= 0.6 is 11.6 Å². The second-order valence-corrected chi connectivity index (χ2v) is 6.92. The highest BCUT2D eigenvalue weighted by Gasteiger charge is 2.27. The Morgan fingerprint density at radius 2 is 1.88 bits per heavy atom. The molecule has 0 unspecified atom stereocenters. The Kier molecular flexibility index (Phi) is 4.21. The molecule has 0 saturated carbocycles. The van der Waals surface area contributed by atoms with E-state index in [2.05, 4.69) is 15.2 Å². The maximum atomic E-state index is 12.6. The minimum absolute atomic E-state index is 0.114. The zero-order chi connectivity index (χ0) is 17.4. The number of rotatable bonds is 1. The lowest BCUT2D eigenvalue weighted by molar-refractivity contribution is 0.335. The molecule has 1 N–H and O–H groups in total. The molecule has 7 heteroatoms. The quantitative estimate of drug-likeness (QED) is 0.852. The van der Waals surface area contributed by atoms with Crippen molar-refractivity contribution in [1.29, 1.82) is 0 Å². The zero-order valence-electron chi connectivity index (χ0n) is 14.1. The Morgan fingerprint density at radius 1 is 1.16 bits per heavy atom. The van der Waals surface area contributed by atoms with Crippen LogP contribution in [-0.4, -0.2) is 33.5 Å². The van der Waals surface area contributed by atoms with E-state index < -0.39 is 6.17 Å². The van der Waals surface area contributed by atoms with Gasteiger partial charge in [0.25, 0.3) is 5.56 Å². The first-order valence-corrected chi connectivity index (χ1v) is 8.95. The summed E-state index contributed by atoms with van der Waals surface area (Å²) in [6.45, 7) is 3.76. The van der Waals surface area contributed by atoms with Gasteiger partial charge < -0.3 is 4.90 Å². The summed E-state index contributed by atoms with van der Waals surface area (Å²) in [5.41, 5.74) is 1.49. The number of aliphatic imine (C=N–C) groups is 1.